The SMILES string of the molecule is Cl.NC(CNC(=O)C1CSC(Cc2ccccc2F)C(=O)N1)c1ccccc1. The van der Waals surface area contributed by atoms with Crippen LogP contribution in [-0.2, 0) is 16.0 Å². The van der Waals surface area contributed by atoms with Crippen LogP contribution in [0.1, 0.15) is 17.2 Å². The normalized spacial score (nSPS) is 19.9. The van der Waals surface area contributed by atoms with Crippen LogP contribution in [0.5, 0.6) is 0 Å². The zero-order valence-electron chi connectivity index (χ0n) is 15.1. The fourth-order valence-electron chi connectivity index (χ4n) is 2.90. The Balaban J connectivity index is 0.00000280. The van der Waals surface area contributed by atoms with Crippen LogP contribution in [0.4, 0.5) is 4.39 Å². The van der Waals surface area contributed by atoms with E-state index in [4.69, 9.17) is 5.73 Å². The molecule has 5 nitrogen and oxygen atoms in total. The molecule has 150 valence electrons. The summed E-state index contributed by atoms with van der Waals surface area (Å²) in [6, 6.07) is 15.0. The van der Waals surface area contributed by atoms with Crippen molar-refractivity contribution < 1.29 is 14.0 Å². The maximum absolute atomic E-state index is 13.8. The molecule has 2 aromatic rings. The molecule has 3 rings (SSSR count). The molecule has 28 heavy (non-hydrogen) atoms. The Labute approximate surface area is 174 Å². The van der Waals surface area contributed by atoms with Crippen LogP contribution in [0.2, 0.25) is 0 Å². The van der Waals surface area contributed by atoms with Crippen LogP contribution in [0, 0.1) is 5.82 Å². The molecule has 0 radical (unpaired) electrons. The number of benzene rings is 2. The quantitative estimate of drug-likeness (QED) is 0.665. The number of nitrogens with two attached hydrogens (primary N) is 1. The highest BCUT2D eigenvalue weighted by atomic mass is 35.5. The summed E-state index contributed by atoms with van der Waals surface area (Å²) < 4.78 is 13.8. The van der Waals surface area contributed by atoms with Gasteiger partial charge in [0.25, 0.3) is 0 Å². The highest BCUT2D eigenvalue weighted by Gasteiger charge is 2.32. The van der Waals surface area contributed by atoms with Crippen molar-refractivity contribution >= 4 is 36.0 Å². The predicted octanol–water partition coefficient (Wildman–Crippen LogP) is 2.21. The molecule has 2 aromatic carbocycles. The van der Waals surface area contributed by atoms with Crippen molar-refractivity contribution in [3.8, 4) is 0 Å². The van der Waals surface area contributed by atoms with Crippen LogP contribution in [-0.4, -0.2) is 35.4 Å². The van der Waals surface area contributed by atoms with Crippen LogP contribution in [0.25, 0.3) is 0 Å². The summed E-state index contributed by atoms with van der Waals surface area (Å²) in [6.07, 6.45) is 0.302. The summed E-state index contributed by atoms with van der Waals surface area (Å²) in [5, 5.41) is 5.12. The minimum Gasteiger partial charge on any atom is -0.352 e. The molecule has 1 heterocycles. The standard InChI is InChI=1S/C20H22FN3O2S.ClH/c21-15-9-5-4-8-14(15)10-18-20(26)24-17(12-27-18)19(25)23-11-16(22)13-6-2-1-3-7-13;/h1-9,16-18H,10-12,22H2,(H,23,25)(H,24,26);1H. The van der Waals surface area contributed by atoms with Gasteiger partial charge in [0.05, 0.1) is 5.25 Å². The van der Waals surface area contributed by atoms with E-state index in [9.17, 15) is 14.0 Å². The molecule has 3 unspecified atom stereocenters. The molecule has 8 heteroatoms. The van der Waals surface area contributed by atoms with Crippen molar-refractivity contribution in [3.63, 3.8) is 0 Å². The molecular formula is C20H23ClFN3O2S. The van der Waals surface area contributed by atoms with Gasteiger partial charge in [-0.25, -0.2) is 4.39 Å². The average Bonchev–Trinajstić information content (AvgIpc) is 2.69. The Morgan fingerprint density at radius 3 is 2.57 bits per heavy atom. The maximum atomic E-state index is 13.8. The van der Waals surface area contributed by atoms with E-state index in [-0.39, 0.29) is 36.1 Å². The highest BCUT2D eigenvalue weighted by Crippen LogP contribution is 2.23. The monoisotopic (exact) mass is 423 g/mol. The lowest BCUT2D eigenvalue weighted by molar-refractivity contribution is -0.128. The van der Waals surface area contributed by atoms with Gasteiger partial charge in [-0.1, -0.05) is 48.5 Å². The van der Waals surface area contributed by atoms with Crippen molar-refractivity contribution in [2.24, 2.45) is 5.73 Å². The van der Waals surface area contributed by atoms with E-state index < -0.39 is 11.3 Å². The van der Waals surface area contributed by atoms with Gasteiger partial charge in [0.2, 0.25) is 11.8 Å². The fourth-order valence-corrected chi connectivity index (χ4v) is 4.08. The van der Waals surface area contributed by atoms with E-state index in [0.717, 1.165) is 5.56 Å². The zero-order valence-corrected chi connectivity index (χ0v) is 16.8. The van der Waals surface area contributed by atoms with Gasteiger partial charge in [-0.3, -0.25) is 9.59 Å². The number of carbonyl (C=O) groups is 2. The number of carbonyl (C=O) groups excluding carboxylic acids is 2. The maximum Gasteiger partial charge on any atom is 0.243 e. The Kier molecular flexibility index (Phi) is 8.29. The summed E-state index contributed by atoms with van der Waals surface area (Å²) in [5.41, 5.74) is 7.52. The number of rotatable bonds is 6. The first kappa shape index (κ1) is 22.2. The molecule has 0 aliphatic carbocycles. The molecular weight excluding hydrogens is 401 g/mol. The summed E-state index contributed by atoms with van der Waals surface area (Å²) >= 11 is 1.37. The smallest absolute Gasteiger partial charge is 0.243 e. The number of hydrogen-bond acceptors (Lipinski definition) is 4. The third-order valence-electron chi connectivity index (χ3n) is 4.48. The summed E-state index contributed by atoms with van der Waals surface area (Å²) in [5.74, 6) is -0.383. The number of nitrogens with one attached hydrogen (secondary N) is 2. The summed E-state index contributed by atoms with van der Waals surface area (Å²) in [7, 11) is 0. The van der Waals surface area contributed by atoms with E-state index in [0.29, 0.717) is 24.3 Å². The summed E-state index contributed by atoms with van der Waals surface area (Å²) in [4.78, 5) is 24.7. The van der Waals surface area contributed by atoms with Gasteiger partial charge in [0, 0.05) is 18.3 Å². The minimum absolute atomic E-state index is 0. The highest BCUT2D eigenvalue weighted by molar-refractivity contribution is 8.00. The van der Waals surface area contributed by atoms with Crippen molar-refractivity contribution in [1.29, 1.82) is 0 Å². The van der Waals surface area contributed by atoms with Gasteiger partial charge in [-0.2, -0.15) is 0 Å². The molecule has 2 amide bonds. The van der Waals surface area contributed by atoms with Crippen molar-refractivity contribution in [2.75, 3.05) is 12.3 Å². The van der Waals surface area contributed by atoms with Crippen molar-refractivity contribution in [2.45, 2.75) is 23.8 Å². The van der Waals surface area contributed by atoms with E-state index in [2.05, 4.69) is 10.6 Å². The van der Waals surface area contributed by atoms with Gasteiger partial charge < -0.3 is 16.4 Å². The predicted molar refractivity (Wildman–Crippen MR) is 112 cm³/mol. The molecule has 1 aliphatic heterocycles. The Bertz CT molecular complexity index is 809. The van der Waals surface area contributed by atoms with E-state index >= 15 is 0 Å². The molecule has 0 aromatic heterocycles. The molecule has 3 atom stereocenters. The average molecular weight is 424 g/mol. The van der Waals surface area contributed by atoms with Gasteiger partial charge in [0.15, 0.2) is 0 Å². The Morgan fingerprint density at radius 1 is 1.21 bits per heavy atom. The minimum atomic E-state index is -0.609. The number of amides is 2. The second-order valence-electron chi connectivity index (χ2n) is 6.44. The third-order valence-corrected chi connectivity index (χ3v) is 5.79. The van der Waals surface area contributed by atoms with E-state index in [1.54, 1.807) is 18.2 Å². The second-order valence-corrected chi connectivity index (χ2v) is 7.68. The largest absolute Gasteiger partial charge is 0.352 e. The molecule has 0 bridgehead atoms. The third kappa shape index (κ3) is 5.70. The lowest BCUT2D eigenvalue weighted by Gasteiger charge is -2.28. The van der Waals surface area contributed by atoms with Gasteiger partial charge in [-0.05, 0) is 23.6 Å². The number of hydrogen-bond donors (Lipinski definition) is 3. The molecule has 1 aliphatic rings. The lowest BCUT2D eigenvalue weighted by Crippen LogP contribution is -2.55. The van der Waals surface area contributed by atoms with Crippen LogP contribution >= 0.6 is 24.2 Å². The lowest BCUT2D eigenvalue weighted by atomic mass is 10.1. The van der Waals surface area contributed by atoms with E-state index in [1.807, 2.05) is 30.3 Å². The topological polar surface area (TPSA) is 84.2 Å². The van der Waals surface area contributed by atoms with Crippen LogP contribution in [0.15, 0.2) is 54.6 Å². The number of halogens is 2. The Hall–Kier alpha value is -2.09. The molecule has 1 saturated heterocycles. The van der Waals surface area contributed by atoms with Gasteiger partial charge in [-0.15, -0.1) is 24.2 Å². The van der Waals surface area contributed by atoms with Crippen LogP contribution in [0.3, 0.4) is 0 Å². The Morgan fingerprint density at radius 2 is 1.89 bits per heavy atom. The molecule has 1 fully saturated rings. The number of thioether (sulfide) groups is 1. The summed E-state index contributed by atoms with van der Waals surface area (Å²) in [6.45, 7) is 0.290. The zero-order chi connectivity index (χ0) is 19.2. The van der Waals surface area contributed by atoms with E-state index in [1.165, 1.54) is 17.8 Å². The first-order valence-electron chi connectivity index (χ1n) is 8.78. The first-order chi connectivity index (χ1) is 13.0. The molecule has 0 spiro atoms. The van der Waals surface area contributed by atoms with Crippen LogP contribution < -0.4 is 16.4 Å². The van der Waals surface area contributed by atoms with Gasteiger partial charge >= 0.3 is 0 Å². The van der Waals surface area contributed by atoms with Crippen molar-refractivity contribution in [3.05, 3.63) is 71.5 Å². The molecule has 4 N–H and O–H groups in total. The van der Waals surface area contributed by atoms with Crippen molar-refractivity contribution in [1.82, 2.24) is 10.6 Å². The second kappa shape index (κ2) is 10.5. The molecule has 0 saturated carbocycles. The first-order valence-corrected chi connectivity index (χ1v) is 9.83. The fraction of sp³-hybridized carbons (Fsp3) is 0.300. The van der Waals surface area contributed by atoms with Gasteiger partial charge in [0.1, 0.15) is 11.9 Å².